The lowest BCUT2D eigenvalue weighted by Gasteiger charge is -2.24. The van der Waals surface area contributed by atoms with Gasteiger partial charge in [-0.05, 0) is 42.0 Å². The highest BCUT2D eigenvalue weighted by molar-refractivity contribution is 7.92. The van der Waals surface area contributed by atoms with Crippen molar-refractivity contribution in [1.29, 1.82) is 0 Å². The summed E-state index contributed by atoms with van der Waals surface area (Å²) in [6.45, 7) is 0.668. The maximum absolute atomic E-state index is 12.9. The van der Waals surface area contributed by atoms with Crippen molar-refractivity contribution in [1.82, 2.24) is 5.32 Å². The predicted octanol–water partition coefficient (Wildman–Crippen LogP) is 3.88. The molecular formula is C23H25FN2O3S. The Labute approximate surface area is 176 Å². The van der Waals surface area contributed by atoms with Gasteiger partial charge in [-0.15, -0.1) is 0 Å². The summed E-state index contributed by atoms with van der Waals surface area (Å²) in [5.41, 5.74) is 1.56. The van der Waals surface area contributed by atoms with Gasteiger partial charge in [0, 0.05) is 24.9 Å². The first kappa shape index (κ1) is 21.8. The summed E-state index contributed by atoms with van der Waals surface area (Å²) in [4.78, 5) is 12.1. The Hall–Kier alpha value is -2.93. The molecule has 0 aliphatic carbocycles. The number of anilines is 1. The topological polar surface area (TPSA) is 66.5 Å². The maximum Gasteiger partial charge on any atom is 0.232 e. The first-order chi connectivity index (χ1) is 14.3. The zero-order valence-electron chi connectivity index (χ0n) is 16.8. The molecule has 5 nitrogen and oxygen atoms in total. The average molecular weight is 429 g/mol. The molecule has 0 aliphatic heterocycles. The van der Waals surface area contributed by atoms with Crippen LogP contribution in [0.2, 0.25) is 0 Å². The smallest absolute Gasteiger partial charge is 0.232 e. The van der Waals surface area contributed by atoms with Crippen LogP contribution in [0.4, 0.5) is 10.1 Å². The van der Waals surface area contributed by atoms with Crippen LogP contribution >= 0.6 is 0 Å². The van der Waals surface area contributed by atoms with E-state index >= 15 is 0 Å². The number of carbonyl (C=O) groups is 1. The predicted molar refractivity (Wildman–Crippen MR) is 118 cm³/mol. The van der Waals surface area contributed by atoms with Crippen molar-refractivity contribution in [3.63, 3.8) is 0 Å². The van der Waals surface area contributed by atoms with Crippen molar-refractivity contribution in [3.8, 4) is 0 Å². The minimum Gasteiger partial charge on any atom is -0.356 e. The van der Waals surface area contributed by atoms with Crippen molar-refractivity contribution in [2.75, 3.05) is 23.7 Å². The lowest BCUT2D eigenvalue weighted by atomic mass is 10.1. The van der Waals surface area contributed by atoms with E-state index in [9.17, 15) is 17.6 Å². The van der Waals surface area contributed by atoms with Gasteiger partial charge in [0.1, 0.15) is 5.82 Å². The Morgan fingerprint density at radius 1 is 1.00 bits per heavy atom. The molecule has 1 amide bonds. The van der Waals surface area contributed by atoms with E-state index < -0.39 is 10.0 Å². The van der Waals surface area contributed by atoms with Crippen LogP contribution in [-0.2, 0) is 21.2 Å². The van der Waals surface area contributed by atoms with Gasteiger partial charge in [0.25, 0.3) is 0 Å². The minimum atomic E-state index is -3.49. The molecule has 0 saturated heterocycles. The fourth-order valence-electron chi connectivity index (χ4n) is 3.36. The molecule has 0 saturated carbocycles. The van der Waals surface area contributed by atoms with Crippen LogP contribution in [-0.4, -0.2) is 33.7 Å². The number of nitrogens with one attached hydrogen (secondary N) is 1. The summed E-state index contributed by atoms with van der Waals surface area (Å²) in [7, 11) is -3.49. The van der Waals surface area contributed by atoms with E-state index in [0.717, 1.165) is 16.3 Å². The number of nitrogens with zero attached hydrogens (tertiary/aromatic N) is 1. The zero-order chi connectivity index (χ0) is 21.6. The Morgan fingerprint density at radius 2 is 1.70 bits per heavy atom. The Morgan fingerprint density at radius 3 is 2.43 bits per heavy atom. The van der Waals surface area contributed by atoms with Gasteiger partial charge in [0.15, 0.2) is 0 Å². The van der Waals surface area contributed by atoms with Gasteiger partial charge in [-0.25, -0.2) is 12.8 Å². The summed E-state index contributed by atoms with van der Waals surface area (Å²) >= 11 is 0. The first-order valence-corrected chi connectivity index (χ1v) is 11.7. The number of benzene rings is 3. The molecular weight excluding hydrogens is 403 g/mol. The molecule has 0 atom stereocenters. The van der Waals surface area contributed by atoms with Crippen LogP contribution in [0, 0.1) is 5.82 Å². The third-order valence-corrected chi connectivity index (χ3v) is 6.03. The van der Waals surface area contributed by atoms with Gasteiger partial charge < -0.3 is 5.32 Å². The molecule has 0 aromatic heterocycles. The van der Waals surface area contributed by atoms with Gasteiger partial charge >= 0.3 is 0 Å². The average Bonchev–Trinajstić information content (AvgIpc) is 2.71. The second-order valence-electron chi connectivity index (χ2n) is 7.16. The number of carbonyl (C=O) groups excluding carboxylic acids is 1. The highest BCUT2D eigenvalue weighted by Crippen LogP contribution is 2.28. The molecule has 7 heteroatoms. The SMILES string of the molecule is CS(=O)(=O)N(CCCC(=O)NCCc1ccc(F)cc1)c1cccc2ccccc12. The number of fused-ring (bicyclic) bond motifs is 1. The molecule has 158 valence electrons. The summed E-state index contributed by atoms with van der Waals surface area (Å²) < 4.78 is 39.1. The van der Waals surface area contributed by atoms with Gasteiger partial charge in [-0.1, -0.05) is 48.5 Å². The third-order valence-electron chi connectivity index (χ3n) is 4.85. The van der Waals surface area contributed by atoms with Gasteiger partial charge in [0.05, 0.1) is 11.9 Å². The van der Waals surface area contributed by atoms with Crippen LogP contribution < -0.4 is 9.62 Å². The largest absolute Gasteiger partial charge is 0.356 e. The third kappa shape index (κ3) is 5.79. The van der Waals surface area contributed by atoms with Crippen molar-refractivity contribution in [3.05, 3.63) is 78.1 Å². The van der Waals surface area contributed by atoms with E-state index in [1.807, 2.05) is 36.4 Å². The van der Waals surface area contributed by atoms with E-state index in [2.05, 4.69) is 5.32 Å². The quantitative estimate of drug-likeness (QED) is 0.562. The van der Waals surface area contributed by atoms with E-state index in [4.69, 9.17) is 0 Å². The molecule has 0 heterocycles. The summed E-state index contributed by atoms with van der Waals surface area (Å²) in [5.74, 6) is -0.423. The number of hydrogen-bond donors (Lipinski definition) is 1. The number of sulfonamides is 1. The summed E-state index contributed by atoms with van der Waals surface area (Å²) in [6.07, 6.45) is 2.41. The van der Waals surface area contributed by atoms with Crippen molar-refractivity contribution >= 4 is 32.4 Å². The fraction of sp³-hybridized carbons (Fsp3) is 0.261. The molecule has 0 unspecified atom stereocenters. The molecule has 30 heavy (non-hydrogen) atoms. The second-order valence-corrected chi connectivity index (χ2v) is 9.07. The molecule has 0 spiro atoms. The number of amides is 1. The molecule has 1 N–H and O–H groups in total. The van der Waals surface area contributed by atoms with Crippen LogP contribution in [0.1, 0.15) is 18.4 Å². The monoisotopic (exact) mass is 428 g/mol. The molecule has 0 bridgehead atoms. The Kier molecular flexibility index (Phi) is 7.05. The number of rotatable bonds is 9. The number of hydrogen-bond acceptors (Lipinski definition) is 3. The zero-order valence-corrected chi connectivity index (χ0v) is 17.7. The molecule has 3 rings (SSSR count). The molecule has 0 fully saturated rings. The van der Waals surface area contributed by atoms with Crippen molar-refractivity contribution < 1.29 is 17.6 Å². The first-order valence-electron chi connectivity index (χ1n) is 9.81. The minimum absolute atomic E-state index is 0.136. The summed E-state index contributed by atoms with van der Waals surface area (Å²) in [6, 6.07) is 19.3. The van der Waals surface area contributed by atoms with Crippen molar-refractivity contribution in [2.24, 2.45) is 0 Å². The second kappa shape index (κ2) is 9.71. The fourth-order valence-corrected chi connectivity index (χ4v) is 4.34. The maximum atomic E-state index is 12.9. The van der Waals surface area contributed by atoms with Gasteiger partial charge in [-0.3, -0.25) is 9.10 Å². The summed E-state index contributed by atoms with van der Waals surface area (Å²) in [5, 5.41) is 4.64. The number of halogens is 1. The van der Waals surface area contributed by atoms with Crippen LogP contribution in [0.5, 0.6) is 0 Å². The van der Waals surface area contributed by atoms with Crippen LogP contribution in [0.15, 0.2) is 66.7 Å². The molecule has 0 aliphatic rings. The van der Waals surface area contributed by atoms with E-state index in [1.165, 1.54) is 22.7 Å². The van der Waals surface area contributed by atoms with Crippen LogP contribution in [0.25, 0.3) is 10.8 Å². The van der Waals surface area contributed by atoms with E-state index in [1.54, 1.807) is 18.2 Å². The Balaban J connectivity index is 1.56. The normalized spacial score (nSPS) is 11.4. The van der Waals surface area contributed by atoms with Gasteiger partial charge in [-0.2, -0.15) is 0 Å². The van der Waals surface area contributed by atoms with Crippen LogP contribution in [0.3, 0.4) is 0 Å². The molecule has 3 aromatic carbocycles. The standard InChI is InChI=1S/C23H25FN2O3S/c1-30(28,29)26(22-9-4-7-19-6-2-3-8-21(19)22)17-5-10-23(27)25-16-15-18-11-13-20(24)14-12-18/h2-4,6-9,11-14H,5,10,15-17H2,1H3,(H,25,27). The van der Waals surface area contributed by atoms with Crippen molar-refractivity contribution in [2.45, 2.75) is 19.3 Å². The van der Waals surface area contributed by atoms with E-state index in [0.29, 0.717) is 25.1 Å². The Bertz CT molecular complexity index is 1110. The molecule has 0 radical (unpaired) electrons. The molecule has 3 aromatic rings. The lowest BCUT2D eigenvalue weighted by molar-refractivity contribution is -0.121. The highest BCUT2D eigenvalue weighted by Gasteiger charge is 2.19. The van der Waals surface area contributed by atoms with Gasteiger partial charge in [0.2, 0.25) is 15.9 Å². The van der Waals surface area contributed by atoms with E-state index in [-0.39, 0.29) is 24.7 Å². The lowest BCUT2D eigenvalue weighted by Crippen LogP contribution is -2.32. The highest BCUT2D eigenvalue weighted by atomic mass is 32.2.